The highest BCUT2D eigenvalue weighted by Gasteiger charge is 2.41. The Morgan fingerprint density at radius 2 is 2.11 bits per heavy atom. The fourth-order valence-corrected chi connectivity index (χ4v) is 4.69. The molecular weight excluding hydrogens is 356 g/mol. The van der Waals surface area contributed by atoms with Gasteiger partial charge in [-0.1, -0.05) is 6.07 Å². The van der Waals surface area contributed by atoms with Crippen molar-refractivity contribution < 1.29 is 4.74 Å². The predicted molar refractivity (Wildman–Crippen MR) is 111 cm³/mol. The Morgan fingerprint density at radius 3 is 2.78 bits per heavy atom. The van der Waals surface area contributed by atoms with Crippen LogP contribution in [-0.2, 0) is 4.74 Å². The van der Waals surface area contributed by atoms with Crippen molar-refractivity contribution in [3.8, 4) is 0 Å². The van der Waals surface area contributed by atoms with E-state index in [1.54, 1.807) is 7.11 Å². The van der Waals surface area contributed by atoms with E-state index in [4.69, 9.17) is 17.0 Å². The Morgan fingerprint density at radius 1 is 1.30 bits per heavy atom. The molecule has 4 rings (SSSR count). The third-order valence-electron chi connectivity index (χ3n) is 5.70. The van der Waals surface area contributed by atoms with E-state index in [1.807, 2.05) is 18.3 Å². The van der Waals surface area contributed by atoms with Crippen molar-refractivity contribution in [3.05, 3.63) is 53.1 Å². The number of ether oxygens (including phenoxy) is 1. The number of hydrogen-bond donors (Lipinski definition) is 1. The van der Waals surface area contributed by atoms with Crippen LogP contribution in [0.15, 0.2) is 30.5 Å². The van der Waals surface area contributed by atoms with Crippen LogP contribution in [0.4, 0.5) is 0 Å². The van der Waals surface area contributed by atoms with Crippen molar-refractivity contribution in [1.29, 1.82) is 0 Å². The second-order valence-electron chi connectivity index (χ2n) is 7.59. The van der Waals surface area contributed by atoms with Gasteiger partial charge in [-0.3, -0.25) is 4.98 Å². The fourth-order valence-electron chi connectivity index (χ4n) is 4.36. The van der Waals surface area contributed by atoms with Crippen molar-refractivity contribution >= 4 is 17.3 Å². The third kappa shape index (κ3) is 3.48. The zero-order valence-corrected chi connectivity index (χ0v) is 17.1. The van der Waals surface area contributed by atoms with E-state index in [0.29, 0.717) is 6.04 Å². The molecule has 2 aliphatic rings. The summed E-state index contributed by atoms with van der Waals surface area (Å²) in [5.74, 6) is 0. The third-order valence-corrected chi connectivity index (χ3v) is 6.05. The molecule has 1 saturated heterocycles. The number of nitrogens with one attached hydrogen (secondary N) is 1. The molecule has 2 fully saturated rings. The molecule has 3 heterocycles. The lowest BCUT2D eigenvalue weighted by molar-refractivity contribution is 0.180. The molecule has 1 aliphatic heterocycles. The minimum absolute atomic E-state index is 0.0643. The lowest BCUT2D eigenvalue weighted by atomic mass is 9.96. The molecular formula is C21H28N4OS. The summed E-state index contributed by atoms with van der Waals surface area (Å²) in [4.78, 5) is 6.95. The van der Waals surface area contributed by atoms with Crippen LogP contribution in [-0.4, -0.2) is 39.8 Å². The van der Waals surface area contributed by atoms with Crippen molar-refractivity contribution in [2.75, 3.05) is 20.3 Å². The first-order chi connectivity index (χ1) is 13.1. The van der Waals surface area contributed by atoms with Crippen LogP contribution in [0.2, 0.25) is 0 Å². The van der Waals surface area contributed by atoms with E-state index in [1.165, 1.54) is 29.8 Å². The van der Waals surface area contributed by atoms with Crippen LogP contribution in [0.5, 0.6) is 0 Å². The summed E-state index contributed by atoms with van der Waals surface area (Å²) in [6.07, 6.45) is 5.39. The zero-order chi connectivity index (χ0) is 19.0. The highest BCUT2D eigenvalue weighted by molar-refractivity contribution is 7.80. The summed E-state index contributed by atoms with van der Waals surface area (Å²) in [7, 11) is 1.75. The lowest BCUT2D eigenvalue weighted by Crippen LogP contribution is -2.31. The molecule has 1 saturated carbocycles. The molecule has 6 heteroatoms. The van der Waals surface area contributed by atoms with Gasteiger partial charge in [-0.15, -0.1) is 0 Å². The Kier molecular flexibility index (Phi) is 5.19. The van der Waals surface area contributed by atoms with Gasteiger partial charge in [0.15, 0.2) is 5.11 Å². The van der Waals surface area contributed by atoms with Gasteiger partial charge in [0.2, 0.25) is 0 Å². The topological polar surface area (TPSA) is 42.3 Å². The first kappa shape index (κ1) is 18.4. The van der Waals surface area contributed by atoms with Gasteiger partial charge in [0.25, 0.3) is 0 Å². The molecule has 0 aromatic carbocycles. The molecule has 2 aromatic rings. The number of methoxy groups -OCH3 is 1. The first-order valence-corrected chi connectivity index (χ1v) is 10.2. The van der Waals surface area contributed by atoms with Gasteiger partial charge in [-0.25, -0.2) is 0 Å². The number of thiocarbonyl (C=S) groups is 1. The maximum atomic E-state index is 5.73. The van der Waals surface area contributed by atoms with Gasteiger partial charge in [0, 0.05) is 43.9 Å². The van der Waals surface area contributed by atoms with Crippen LogP contribution in [0.25, 0.3) is 0 Å². The molecule has 2 aromatic heterocycles. The quantitative estimate of drug-likeness (QED) is 0.580. The summed E-state index contributed by atoms with van der Waals surface area (Å²) in [6, 6.07) is 9.35. The molecule has 0 unspecified atom stereocenters. The number of aryl methyl sites for hydroxylation is 1. The van der Waals surface area contributed by atoms with E-state index >= 15 is 0 Å². The van der Waals surface area contributed by atoms with Gasteiger partial charge in [-0.2, -0.15) is 0 Å². The average Bonchev–Trinajstić information content (AvgIpc) is 3.39. The smallest absolute Gasteiger partial charge is 0.170 e. The minimum Gasteiger partial charge on any atom is -0.385 e. The molecule has 27 heavy (non-hydrogen) atoms. The normalized spacial score (nSPS) is 22.3. The number of hydrogen-bond acceptors (Lipinski definition) is 3. The first-order valence-electron chi connectivity index (χ1n) is 9.77. The maximum Gasteiger partial charge on any atom is 0.170 e. The highest BCUT2D eigenvalue weighted by atomic mass is 32.1. The number of aromatic nitrogens is 2. The summed E-state index contributed by atoms with van der Waals surface area (Å²) >= 11 is 5.73. The van der Waals surface area contributed by atoms with Crippen LogP contribution in [0.3, 0.4) is 0 Å². The zero-order valence-electron chi connectivity index (χ0n) is 16.3. The molecule has 1 aliphatic carbocycles. The standard InChI is InChI=1S/C21H28N4OS/c1-14-13-17(15(2)25(14)16-8-9-16)20-19(18-7-4-5-10-22-18)23-21(27)24(20)11-6-12-26-3/h4-5,7,10,13,16,19-20H,6,8-9,11-12H2,1-3H3,(H,23,27)/t19-,20+/m0/s1. The molecule has 0 amide bonds. The minimum atomic E-state index is 0.0643. The Balaban J connectivity index is 1.73. The summed E-state index contributed by atoms with van der Waals surface area (Å²) in [5.41, 5.74) is 5.11. The van der Waals surface area contributed by atoms with Gasteiger partial charge >= 0.3 is 0 Å². The van der Waals surface area contributed by atoms with Gasteiger partial charge in [-0.05, 0) is 69.1 Å². The average molecular weight is 385 g/mol. The molecule has 5 nitrogen and oxygen atoms in total. The van der Waals surface area contributed by atoms with E-state index < -0.39 is 0 Å². The molecule has 0 bridgehead atoms. The lowest BCUT2D eigenvalue weighted by Gasteiger charge is -2.28. The van der Waals surface area contributed by atoms with Crippen LogP contribution < -0.4 is 5.32 Å². The van der Waals surface area contributed by atoms with E-state index in [0.717, 1.165) is 30.4 Å². The van der Waals surface area contributed by atoms with E-state index in [-0.39, 0.29) is 12.1 Å². The van der Waals surface area contributed by atoms with Gasteiger partial charge < -0.3 is 19.5 Å². The van der Waals surface area contributed by atoms with Crippen molar-refractivity contribution in [2.45, 2.75) is 51.2 Å². The number of pyridine rings is 1. The van der Waals surface area contributed by atoms with Gasteiger partial charge in [0.1, 0.15) is 0 Å². The molecule has 1 N–H and O–H groups in total. The number of nitrogens with zero attached hydrogens (tertiary/aromatic N) is 3. The predicted octanol–water partition coefficient (Wildman–Crippen LogP) is 3.84. The number of rotatable bonds is 7. The Hall–Kier alpha value is -1.92. The van der Waals surface area contributed by atoms with Crippen molar-refractivity contribution in [3.63, 3.8) is 0 Å². The summed E-state index contributed by atoms with van der Waals surface area (Å²) < 4.78 is 7.78. The second kappa shape index (κ2) is 7.60. The largest absolute Gasteiger partial charge is 0.385 e. The van der Waals surface area contributed by atoms with Crippen LogP contribution >= 0.6 is 12.2 Å². The molecule has 0 spiro atoms. The summed E-state index contributed by atoms with van der Waals surface area (Å²) in [6.45, 7) is 6.09. The molecule has 144 valence electrons. The van der Waals surface area contributed by atoms with Crippen LogP contribution in [0.1, 0.15) is 60.0 Å². The molecule has 2 atom stereocenters. The van der Waals surface area contributed by atoms with Crippen molar-refractivity contribution in [2.24, 2.45) is 0 Å². The SMILES string of the molecule is COCCCN1C(=S)N[C@@H](c2ccccn2)[C@H]1c1cc(C)n(C2CC2)c1C. The van der Waals surface area contributed by atoms with E-state index in [2.05, 4.69) is 45.7 Å². The monoisotopic (exact) mass is 384 g/mol. The van der Waals surface area contributed by atoms with Crippen molar-refractivity contribution in [1.82, 2.24) is 19.8 Å². The Bertz CT molecular complexity index is 815. The maximum absolute atomic E-state index is 5.73. The molecule has 0 radical (unpaired) electrons. The summed E-state index contributed by atoms with van der Waals surface area (Å²) in [5, 5.41) is 4.35. The fraction of sp³-hybridized carbons (Fsp3) is 0.524. The Labute approximate surface area is 166 Å². The van der Waals surface area contributed by atoms with Gasteiger partial charge in [0.05, 0.1) is 17.8 Å². The highest BCUT2D eigenvalue weighted by Crippen LogP contribution is 2.44. The van der Waals surface area contributed by atoms with Crippen LogP contribution in [0, 0.1) is 13.8 Å². The second-order valence-corrected chi connectivity index (χ2v) is 7.98. The van der Waals surface area contributed by atoms with E-state index in [9.17, 15) is 0 Å².